The van der Waals surface area contributed by atoms with Crippen molar-refractivity contribution < 1.29 is 38.7 Å². The Bertz CT molecular complexity index is 1520. The van der Waals surface area contributed by atoms with Gasteiger partial charge in [-0.1, -0.05) is 92.1 Å². The number of thioether (sulfide) groups is 1. The number of amides is 7. The second-order valence-electron chi connectivity index (χ2n) is 16.0. The largest absolute Gasteiger partial charge is 0.381 e. The first-order valence-electron chi connectivity index (χ1n) is 19.0. The molecule has 8 atom stereocenters. The number of rotatable bonds is 19. The lowest BCUT2D eigenvalue weighted by molar-refractivity contribution is -0.148. The smallest absolute Gasteiger partial charge is 0.254 e. The van der Waals surface area contributed by atoms with Crippen LogP contribution in [0.25, 0.3) is 0 Å². The van der Waals surface area contributed by atoms with Gasteiger partial charge in [0, 0.05) is 11.7 Å². The van der Waals surface area contributed by atoms with Gasteiger partial charge in [0.25, 0.3) is 5.91 Å². The molecule has 16 heteroatoms. The molecular weight excluding hydrogens is 727 g/mol. The Hall–Kier alpha value is -4.18. The molecule has 0 bridgehead atoms. The van der Waals surface area contributed by atoms with Crippen LogP contribution in [0.3, 0.4) is 0 Å². The molecule has 1 fully saturated rings. The molecule has 1 aliphatic heterocycles. The maximum atomic E-state index is 14.3. The van der Waals surface area contributed by atoms with Crippen molar-refractivity contribution in [2.75, 3.05) is 5.88 Å². The van der Waals surface area contributed by atoms with Gasteiger partial charge >= 0.3 is 0 Å². The van der Waals surface area contributed by atoms with Crippen molar-refractivity contribution in [3.05, 3.63) is 35.9 Å². The molecule has 7 amide bonds. The Balaban J connectivity index is 2.43. The molecular formula is C39H63N7O8S. The lowest BCUT2D eigenvalue weighted by Gasteiger charge is -2.35. The fourth-order valence-corrected chi connectivity index (χ4v) is 7.55. The number of carbonyl (C=O) groups excluding carboxylic acids is 7. The van der Waals surface area contributed by atoms with Crippen molar-refractivity contribution in [2.24, 2.45) is 29.4 Å². The average molecular weight is 790 g/mol. The number of benzene rings is 1. The zero-order valence-corrected chi connectivity index (χ0v) is 34.9. The van der Waals surface area contributed by atoms with Crippen molar-refractivity contribution >= 4 is 53.1 Å². The molecule has 308 valence electrons. The highest BCUT2D eigenvalue weighted by molar-refractivity contribution is 8.00. The highest BCUT2D eigenvalue weighted by Crippen LogP contribution is 2.40. The van der Waals surface area contributed by atoms with Crippen molar-refractivity contribution in [2.45, 2.75) is 136 Å². The van der Waals surface area contributed by atoms with Gasteiger partial charge in [-0.15, -0.1) is 11.8 Å². The molecule has 0 aliphatic carbocycles. The molecule has 0 unspecified atom stereocenters. The average Bonchev–Trinajstić information content (AvgIpc) is 3.43. The molecule has 1 aliphatic rings. The van der Waals surface area contributed by atoms with E-state index in [2.05, 4.69) is 26.6 Å². The normalized spacial score (nSPS) is 19.0. The van der Waals surface area contributed by atoms with Crippen LogP contribution in [0.4, 0.5) is 0 Å². The number of carbonyl (C=O) groups is 7. The molecule has 8 N–H and O–H groups in total. The van der Waals surface area contributed by atoms with Gasteiger partial charge in [0.05, 0.1) is 11.9 Å². The molecule has 0 saturated carbocycles. The number of hydrogen-bond donors (Lipinski definition) is 7. The molecule has 1 heterocycles. The maximum absolute atomic E-state index is 14.3. The molecule has 1 saturated heterocycles. The number of hydrogen-bond acceptors (Lipinski definition) is 9. The van der Waals surface area contributed by atoms with Crippen molar-refractivity contribution in [1.82, 2.24) is 31.5 Å². The predicted molar refractivity (Wildman–Crippen MR) is 212 cm³/mol. The van der Waals surface area contributed by atoms with Gasteiger partial charge in [0.2, 0.25) is 35.4 Å². The summed E-state index contributed by atoms with van der Waals surface area (Å²) in [5.41, 5.74) is 6.21. The highest BCUT2D eigenvalue weighted by atomic mass is 32.2. The van der Waals surface area contributed by atoms with Crippen LogP contribution in [0.5, 0.6) is 0 Å². The first-order chi connectivity index (χ1) is 25.5. The molecule has 1 aromatic carbocycles. The van der Waals surface area contributed by atoms with Crippen LogP contribution < -0.4 is 32.3 Å². The third kappa shape index (κ3) is 12.9. The molecule has 55 heavy (non-hydrogen) atoms. The molecule has 0 radical (unpaired) electrons. The summed E-state index contributed by atoms with van der Waals surface area (Å²) in [5.74, 6) is -5.66. The van der Waals surface area contributed by atoms with Gasteiger partial charge in [0.1, 0.15) is 30.2 Å². The van der Waals surface area contributed by atoms with Crippen LogP contribution in [0.15, 0.2) is 30.3 Å². The number of nitrogens with zero attached hydrogens (tertiary/aromatic N) is 1. The summed E-state index contributed by atoms with van der Waals surface area (Å²) in [6.45, 7) is 19.0. The van der Waals surface area contributed by atoms with Crippen LogP contribution in [-0.4, -0.2) is 104 Å². The van der Waals surface area contributed by atoms with Gasteiger partial charge in [-0.2, -0.15) is 0 Å². The summed E-state index contributed by atoms with van der Waals surface area (Å²) in [4.78, 5) is 94.2. The minimum atomic E-state index is -1.82. The lowest BCUT2D eigenvalue weighted by Crippen LogP contribution is -2.63. The Morgan fingerprint density at radius 1 is 0.782 bits per heavy atom. The SMILES string of the molecule is CC[C@H](C)[C@H](NC(C)=O)C(=O)N[C@H](C(=O)N[C@@H](Cc1ccccc1)[C@H](O)C(=O)N1CSC(C)(C)[C@H]1C(=O)N[C@H](C(=O)N[C@H](C(N)=O)C(C)C)C(C)C)C(C)C. The van der Waals surface area contributed by atoms with E-state index in [9.17, 15) is 38.7 Å². The fourth-order valence-electron chi connectivity index (χ4n) is 6.41. The number of aliphatic hydroxyl groups excluding tert-OH is 1. The summed E-state index contributed by atoms with van der Waals surface area (Å²) >= 11 is 1.31. The number of nitrogens with two attached hydrogens (primary N) is 1. The minimum Gasteiger partial charge on any atom is -0.381 e. The number of aliphatic hydroxyl groups is 1. The van der Waals surface area contributed by atoms with Crippen molar-refractivity contribution in [1.29, 1.82) is 0 Å². The Morgan fingerprint density at radius 2 is 1.27 bits per heavy atom. The van der Waals surface area contributed by atoms with Crippen LogP contribution in [0.1, 0.15) is 88.1 Å². The third-order valence-electron chi connectivity index (χ3n) is 9.96. The van der Waals surface area contributed by atoms with Gasteiger partial charge in [0.15, 0.2) is 6.10 Å². The summed E-state index contributed by atoms with van der Waals surface area (Å²) in [6, 6.07) is 2.62. The van der Waals surface area contributed by atoms with E-state index >= 15 is 0 Å². The topological polar surface area (TPSA) is 229 Å². The summed E-state index contributed by atoms with van der Waals surface area (Å²) < 4.78 is -0.851. The van der Waals surface area contributed by atoms with E-state index < -0.39 is 100 Å². The second-order valence-corrected chi connectivity index (χ2v) is 17.6. The van der Waals surface area contributed by atoms with Crippen molar-refractivity contribution in [3.63, 3.8) is 0 Å². The van der Waals surface area contributed by atoms with Crippen LogP contribution in [0.2, 0.25) is 0 Å². The Labute approximate surface area is 329 Å². The van der Waals surface area contributed by atoms with Crippen molar-refractivity contribution in [3.8, 4) is 0 Å². The number of primary amides is 1. The summed E-state index contributed by atoms with van der Waals surface area (Å²) in [5, 5.41) is 25.4. The van der Waals surface area contributed by atoms with Crippen LogP contribution >= 0.6 is 11.8 Å². The summed E-state index contributed by atoms with van der Waals surface area (Å²) in [6.07, 6.45) is -1.20. The van der Waals surface area contributed by atoms with Gasteiger partial charge in [-0.3, -0.25) is 33.6 Å². The maximum Gasteiger partial charge on any atom is 0.254 e. The van der Waals surface area contributed by atoms with Gasteiger partial charge in [-0.05, 0) is 49.5 Å². The zero-order valence-electron chi connectivity index (χ0n) is 34.1. The molecule has 0 aromatic heterocycles. The quantitative estimate of drug-likeness (QED) is 0.107. The first kappa shape index (κ1) is 47.0. The second kappa shape index (κ2) is 20.7. The third-order valence-corrected chi connectivity index (χ3v) is 11.3. The molecule has 1 aromatic rings. The van der Waals surface area contributed by atoms with E-state index in [-0.39, 0.29) is 24.1 Å². The zero-order chi connectivity index (χ0) is 41.9. The van der Waals surface area contributed by atoms with E-state index in [0.29, 0.717) is 12.0 Å². The van der Waals surface area contributed by atoms with Crippen LogP contribution in [-0.2, 0) is 40.0 Å². The number of nitrogens with one attached hydrogen (secondary N) is 5. The standard InChI is InChI=1S/C39H63N7O8S/c1-12-23(8)30(41-24(9)47)36(52)44-28(21(4)5)34(50)42-26(18-25-16-14-13-15-17-25)31(48)38(54)46-19-55-39(10,11)32(46)37(53)45-29(22(6)7)35(51)43-27(20(2)3)33(40)49/h13-17,20-23,26-32,48H,12,18-19H2,1-11H3,(H2,40,49)(H,41,47)(H,42,50)(H,43,51)(H,44,52)(H,45,53)/t23-,26-,27-,28-,29-,30-,31-,32+/m0/s1. The monoisotopic (exact) mass is 789 g/mol. The lowest BCUT2D eigenvalue weighted by atomic mass is 9.94. The molecule has 2 rings (SSSR count). The van der Waals surface area contributed by atoms with E-state index in [1.807, 2.05) is 13.8 Å². The fraction of sp³-hybridized carbons (Fsp3) is 0.667. The van der Waals surface area contributed by atoms with Crippen LogP contribution in [0, 0.1) is 23.7 Å². The van der Waals surface area contributed by atoms with E-state index in [4.69, 9.17) is 5.73 Å². The molecule has 15 nitrogen and oxygen atoms in total. The van der Waals surface area contributed by atoms with E-state index in [0.717, 1.165) is 0 Å². The molecule has 0 spiro atoms. The first-order valence-corrected chi connectivity index (χ1v) is 20.0. The van der Waals surface area contributed by atoms with Gasteiger partial charge in [-0.25, -0.2) is 0 Å². The van der Waals surface area contributed by atoms with E-state index in [1.54, 1.807) is 85.7 Å². The Morgan fingerprint density at radius 3 is 1.76 bits per heavy atom. The Kier molecular flexibility index (Phi) is 17.6. The minimum absolute atomic E-state index is 0.0351. The summed E-state index contributed by atoms with van der Waals surface area (Å²) in [7, 11) is 0. The van der Waals surface area contributed by atoms with Gasteiger partial charge < -0.3 is 42.3 Å². The van der Waals surface area contributed by atoms with E-state index in [1.165, 1.54) is 23.6 Å². The predicted octanol–water partition coefficient (Wildman–Crippen LogP) is 1.21. The highest BCUT2D eigenvalue weighted by Gasteiger charge is 2.51.